The second kappa shape index (κ2) is 9.94. The molecule has 1 aliphatic rings. The van der Waals surface area contributed by atoms with Crippen LogP contribution in [0.3, 0.4) is 0 Å². The van der Waals surface area contributed by atoms with Crippen molar-refractivity contribution in [1.29, 1.82) is 0 Å². The zero-order chi connectivity index (χ0) is 24.3. The molecule has 0 saturated carbocycles. The lowest BCUT2D eigenvalue weighted by molar-refractivity contribution is -0.0429. The van der Waals surface area contributed by atoms with Gasteiger partial charge in [0.1, 0.15) is 11.7 Å². The minimum Gasteiger partial charge on any atom is -0.401 e. The number of rotatable bonds is 7. The molecule has 0 bridgehead atoms. The van der Waals surface area contributed by atoms with Gasteiger partial charge in [-0.2, -0.15) is 0 Å². The Kier molecular flexibility index (Phi) is 6.75. The van der Waals surface area contributed by atoms with Crippen molar-refractivity contribution in [2.45, 2.75) is 49.5 Å². The summed E-state index contributed by atoms with van der Waals surface area (Å²) in [6.45, 7) is 4.71. The van der Waals surface area contributed by atoms with E-state index in [1.165, 1.54) is 5.19 Å². The molecule has 1 fully saturated rings. The molecule has 5 rings (SSSR count). The monoisotopic (exact) mass is 478 g/mol. The second-order valence-corrected chi connectivity index (χ2v) is 14.3. The van der Waals surface area contributed by atoms with E-state index < -0.39 is 20.0 Å². The standard InChI is InChI=1S/C32H34O2Si/c1-25-23-24-26(2)35(25,30-21-13-6-14-22-30)34-31(27-15-7-3-8-16-27)32(33,28-17-9-4-10-18-28)29-19-11-5-12-20-29/h3-22,25-26,31,33H,23-24H2,1-2H3/t25-,26-,31-/m1/s1. The van der Waals surface area contributed by atoms with Crippen LogP contribution in [0.4, 0.5) is 0 Å². The molecule has 4 aromatic rings. The first-order chi connectivity index (χ1) is 17.1. The van der Waals surface area contributed by atoms with Crippen molar-refractivity contribution in [3.63, 3.8) is 0 Å². The molecule has 3 atom stereocenters. The maximum atomic E-state index is 12.9. The molecule has 1 aliphatic heterocycles. The fraction of sp³-hybridized carbons (Fsp3) is 0.250. The maximum absolute atomic E-state index is 12.9. The topological polar surface area (TPSA) is 29.5 Å². The average molecular weight is 479 g/mol. The zero-order valence-corrected chi connectivity index (χ0v) is 21.5. The molecule has 0 aliphatic carbocycles. The van der Waals surface area contributed by atoms with Gasteiger partial charge in [0.15, 0.2) is 0 Å². The molecule has 0 spiro atoms. The van der Waals surface area contributed by atoms with Crippen LogP contribution in [0.15, 0.2) is 121 Å². The van der Waals surface area contributed by atoms with E-state index in [0.717, 1.165) is 29.5 Å². The van der Waals surface area contributed by atoms with Crippen molar-refractivity contribution in [1.82, 2.24) is 0 Å². The summed E-state index contributed by atoms with van der Waals surface area (Å²) in [6, 6.07) is 41.2. The highest BCUT2D eigenvalue weighted by molar-refractivity contribution is 6.89. The van der Waals surface area contributed by atoms with E-state index in [1.807, 2.05) is 78.9 Å². The summed E-state index contributed by atoms with van der Waals surface area (Å²) in [5.74, 6) is 0. The van der Waals surface area contributed by atoms with Crippen LogP contribution in [0.25, 0.3) is 0 Å². The molecule has 35 heavy (non-hydrogen) atoms. The van der Waals surface area contributed by atoms with E-state index in [1.54, 1.807) is 0 Å². The first kappa shape index (κ1) is 23.7. The Labute approximate surface area is 210 Å². The predicted molar refractivity (Wildman–Crippen MR) is 146 cm³/mol. The van der Waals surface area contributed by atoms with Crippen LogP contribution in [0.5, 0.6) is 0 Å². The van der Waals surface area contributed by atoms with Gasteiger partial charge in [-0.1, -0.05) is 148 Å². The number of aliphatic hydroxyl groups is 1. The van der Waals surface area contributed by atoms with Crippen molar-refractivity contribution in [2.24, 2.45) is 0 Å². The van der Waals surface area contributed by atoms with Crippen LogP contribution >= 0.6 is 0 Å². The third kappa shape index (κ3) is 4.18. The van der Waals surface area contributed by atoms with Gasteiger partial charge in [0.25, 0.3) is 0 Å². The predicted octanol–water partition coefficient (Wildman–Crippen LogP) is 7.11. The summed E-state index contributed by atoms with van der Waals surface area (Å²) in [4.78, 5) is 0. The number of benzene rings is 4. The highest BCUT2D eigenvalue weighted by Gasteiger charge is 2.56. The fourth-order valence-corrected chi connectivity index (χ4v) is 11.4. The molecule has 178 valence electrons. The Morgan fingerprint density at radius 1 is 0.657 bits per heavy atom. The first-order valence-electron chi connectivity index (χ1n) is 12.7. The lowest BCUT2D eigenvalue weighted by Crippen LogP contribution is -2.57. The van der Waals surface area contributed by atoms with E-state index in [9.17, 15) is 5.11 Å². The minimum atomic E-state index is -2.50. The van der Waals surface area contributed by atoms with Crippen LogP contribution in [-0.4, -0.2) is 13.4 Å². The number of hydrogen-bond donors (Lipinski definition) is 1. The Balaban J connectivity index is 1.75. The normalized spacial score (nSPS) is 20.4. The van der Waals surface area contributed by atoms with Gasteiger partial charge in [-0.25, -0.2) is 0 Å². The van der Waals surface area contributed by atoms with Crippen LogP contribution < -0.4 is 5.19 Å². The highest BCUT2D eigenvalue weighted by Crippen LogP contribution is 2.52. The lowest BCUT2D eigenvalue weighted by atomic mass is 9.79. The molecule has 4 aromatic carbocycles. The van der Waals surface area contributed by atoms with Crippen LogP contribution in [0.2, 0.25) is 11.1 Å². The third-order valence-corrected chi connectivity index (χ3v) is 13.3. The lowest BCUT2D eigenvalue weighted by Gasteiger charge is -2.45. The van der Waals surface area contributed by atoms with Gasteiger partial charge in [0.2, 0.25) is 8.32 Å². The Morgan fingerprint density at radius 3 is 1.51 bits per heavy atom. The molecule has 3 heteroatoms. The van der Waals surface area contributed by atoms with Crippen molar-refractivity contribution in [2.75, 3.05) is 0 Å². The van der Waals surface area contributed by atoms with Gasteiger partial charge in [0.05, 0.1) is 0 Å². The van der Waals surface area contributed by atoms with E-state index >= 15 is 0 Å². The molecule has 1 N–H and O–H groups in total. The molecule has 1 saturated heterocycles. The van der Waals surface area contributed by atoms with Gasteiger partial charge < -0.3 is 9.53 Å². The molecule has 0 radical (unpaired) electrons. The SMILES string of the molecule is C[C@@H]1CC[C@@H](C)[Si]1(O[C@H](c1ccccc1)C(O)(c1ccccc1)c1ccccc1)c1ccccc1. The van der Waals surface area contributed by atoms with Gasteiger partial charge in [-0.05, 0) is 33.0 Å². The smallest absolute Gasteiger partial charge is 0.230 e. The molecule has 0 unspecified atom stereocenters. The average Bonchev–Trinajstić information content (AvgIpc) is 3.22. The van der Waals surface area contributed by atoms with Gasteiger partial charge in [0, 0.05) is 0 Å². The van der Waals surface area contributed by atoms with E-state index in [0.29, 0.717) is 11.1 Å². The van der Waals surface area contributed by atoms with E-state index in [4.69, 9.17) is 4.43 Å². The Morgan fingerprint density at radius 2 is 1.06 bits per heavy atom. The maximum Gasteiger partial charge on any atom is 0.230 e. The minimum absolute atomic E-state index is 0.446. The molecule has 0 amide bonds. The van der Waals surface area contributed by atoms with Crippen LogP contribution in [-0.2, 0) is 10.0 Å². The number of hydrogen-bond acceptors (Lipinski definition) is 2. The second-order valence-electron chi connectivity index (χ2n) is 9.95. The Bertz CT molecular complexity index is 1160. The van der Waals surface area contributed by atoms with Crippen LogP contribution in [0.1, 0.15) is 49.5 Å². The summed E-state index contributed by atoms with van der Waals surface area (Å²) in [7, 11) is -2.50. The van der Waals surface area contributed by atoms with Crippen molar-refractivity contribution < 1.29 is 9.53 Å². The Hall–Kier alpha value is -2.98. The van der Waals surface area contributed by atoms with E-state index in [2.05, 4.69) is 56.3 Å². The molecular weight excluding hydrogens is 444 g/mol. The highest BCUT2D eigenvalue weighted by atomic mass is 28.4. The first-order valence-corrected chi connectivity index (χ1v) is 14.7. The summed E-state index contributed by atoms with van der Waals surface area (Å²) in [6.07, 6.45) is 1.75. The molecule has 2 nitrogen and oxygen atoms in total. The largest absolute Gasteiger partial charge is 0.401 e. The van der Waals surface area contributed by atoms with Crippen LogP contribution in [0, 0.1) is 0 Å². The van der Waals surface area contributed by atoms with Gasteiger partial charge in [-0.3, -0.25) is 0 Å². The van der Waals surface area contributed by atoms with E-state index in [-0.39, 0.29) is 0 Å². The quantitative estimate of drug-likeness (QED) is 0.287. The van der Waals surface area contributed by atoms with Gasteiger partial charge >= 0.3 is 0 Å². The third-order valence-electron chi connectivity index (χ3n) is 7.94. The summed E-state index contributed by atoms with van der Waals surface area (Å²) >= 11 is 0. The van der Waals surface area contributed by atoms with Crippen molar-refractivity contribution in [3.05, 3.63) is 138 Å². The molecule has 0 aromatic heterocycles. The zero-order valence-electron chi connectivity index (χ0n) is 20.5. The summed E-state index contributed by atoms with van der Waals surface area (Å²) in [5, 5.41) is 14.2. The fourth-order valence-electron chi connectivity index (χ4n) is 6.05. The van der Waals surface area contributed by atoms with Gasteiger partial charge in [-0.15, -0.1) is 0 Å². The summed E-state index contributed by atoms with van der Waals surface area (Å²) in [5.41, 5.74) is 2.23. The summed E-state index contributed by atoms with van der Waals surface area (Å²) < 4.78 is 7.56. The molecule has 1 heterocycles. The van der Waals surface area contributed by atoms with Crippen molar-refractivity contribution >= 4 is 13.5 Å². The van der Waals surface area contributed by atoms with Crippen molar-refractivity contribution in [3.8, 4) is 0 Å². The molecular formula is C32H34O2Si.